The van der Waals surface area contributed by atoms with Gasteiger partial charge in [0, 0.05) is 16.3 Å². The van der Waals surface area contributed by atoms with E-state index in [0.717, 1.165) is 40.3 Å². The summed E-state index contributed by atoms with van der Waals surface area (Å²) >= 11 is 17.7. The number of piperidine rings is 1. The Morgan fingerprint density at radius 2 is 1.97 bits per heavy atom. The van der Waals surface area contributed by atoms with Crippen LogP contribution in [0, 0.1) is 0 Å². The molecule has 4 rings (SSSR count). The molecule has 1 aromatic heterocycles. The van der Waals surface area contributed by atoms with Gasteiger partial charge in [0.15, 0.2) is 0 Å². The maximum Gasteiger partial charge on any atom is 0.312 e. The van der Waals surface area contributed by atoms with Crippen LogP contribution in [0.25, 0.3) is 0 Å². The lowest BCUT2D eigenvalue weighted by Gasteiger charge is -2.36. The fourth-order valence-electron chi connectivity index (χ4n) is 3.90. The Morgan fingerprint density at radius 1 is 1.23 bits per heavy atom. The molecule has 1 fully saturated rings. The second-order valence-electron chi connectivity index (χ2n) is 7.69. The van der Waals surface area contributed by atoms with Gasteiger partial charge in [0.05, 0.1) is 27.6 Å². The van der Waals surface area contributed by atoms with E-state index in [1.807, 2.05) is 17.1 Å². The van der Waals surface area contributed by atoms with Crippen LogP contribution in [-0.4, -0.2) is 36.3 Å². The molecule has 5 nitrogen and oxygen atoms in total. The molecule has 1 atom stereocenters. The van der Waals surface area contributed by atoms with E-state index in [1.54, 1.807) is 23.5 Å². The molecule has 0 radical (unpaired) electrons. The highest BCUT2D eigenvalue weighted by Crippen LogP contribution is 2.42. The predicted octanol–water partition coefficient (Wildman–Crippen LogP) is 2.79. The minimum Gasteiger partial charge on any atom is -1.00 e. The van der Waals surface area contributed by atoms with Gasteiger partial charge in [-0.25, -0.2) is 4.59 Å². The van der Waals surface area contributed by atoms with Gasteiger partial charge in [-0.15, -0.1) is 11.3 Å². The van der Waals surface area contributed by atoms with Gasteiger partial charge >= 0.3 is 5.91 Å². The third-order valence-corrected chi connectivity index (χ3v) is 7.69. The van der Waals surface area contributed by atoms with Crippen LogP contribution < -0.4 is 34.4 Å². The average Bonchev–Trinajstić information content (AvgIpc) is 3.28. The molecule has 10 heteroatoms. The first kappa shape index (κ1) is 24.3. The van der Waals surface area contributed by atoms with E-state index in [4.69, 9.17) is 28.3 Å². The van der Waals surface area contributed by atoms with Crippen molar-refractivity contribution in [3.05, 3.63) is 49.0 Å². The SMILES string of the molecule is C[N+]1(NC(=O)C2=NN(c3ccc(Cl)cc3Cl)C(c3ccc(Br)s3)C2)CCCCC1.[I-]. The van der Waals surface area contributed by atoms with Crippen molar-refractivity contribution in [2.24, 2.45) is 5.10 Å². The zero-order valence-electron chi connectivity index (χ0n) is 16.4. The zero-order valence-corrected chi connectivity index (χ0v) is 22.4. The molecule has 2 aliphatic rings. The van der Waals surface area contributed by atoms with E-state index in [1.165, 1.54) is 6.42 Å². The smallest absolute Gasteiger partial charge is 0.312 e. The van der Waals surface area contributed by atoms with Gasteiger partial charge in [0.2, 0.25) is 0 Å². The third-order valence-electron chi connectivity index (χ3n) is 5.43. The summed E-state index contributed by atoms with van der Waals surface area (Å²) in [5.41, 5.74) is 4.46. The van der Waals surface area contributed by atoms with E-state index in [2.05, 4.69) is 34.5 Å². The molecule has 0 aliphatic carbocycles. The van der Waals surface area contributed by atoms with Gasteiger partial charge in [-0.1, -0.05) is 23.2 Å². The van der Waals surface area contributed by atoms with Crippen LogP contribution in [0.15, 0.2) is 39.2 Å². The lowest BCUT2D eigenvalue weighted by molar-refractivity contribution is -0.947. The second kappa shape index (κ2) is 10.0. The third kappa shape index (κ3) is 5.32. The summed E-state index contributed by atoms with van der Waals surface area (Å²) in [6.45, 7) is 1.90. The van der Waals surface area contributed by atoms with Crippen LogP contribution in [0.5, 0.6) is 0 Å². The number of carbonyl (C=O) groups excluding carboxylic acids is 1. The van der Waals surface area contributed by atoms with Gasteiger partial charge in [0.1, 0.15) is 18.8 Å². The number of benzene rings is 1. The molecule has 2 aromatic rings. The van der Waals surface area contributed by atoms with Crippen LogP contribution in [0.1, 0.15) is 36.6 Å². The number of nitrogens with one attached hydrogen (secondary N) is 1. The van der Waals surface area contributed by atoms with Crippen molar-refractivity contribution in [3.63, 3.8) is 0 Å². The van der Waals surface area contributed by atoms with E-state index in [0.29, 0.717) is 26.8 Å². The fraction of sp³-hybridized carbons (Fsp3) is 0.400. The number of anilines is 1. The number of rotatable bonds is 4. The molecule has 0 saturated carbocycles. The molecule has 1 amide bonds. The maximum atomic E-state index is 13.1. The van der Waals surface area contributed by atoms with Gasteiger partial charge in [-0.2, -0.15) is 10.5 Å². The summed E-state index contributed by atoms with van der Waals surface area (Å²) in [6.07, 6.45) is 4.00. The molecular weight excluding hydrogens is 622 g/mol. The maximum absolute atomic E-state index is 13.1. The summed E-state index contributed by atoms with van der Waals surface area (Å²) in [6, 6.07) is 9.33. The summed E-state index contributed by atoms with van der Waals surface area (Å²) in [5.74, 6) is -0.109. The monoisotopic (exact) mass is 642 g/mol. The van der Waals surface area contributed by atoms with Gasteiger partial charge < -0.3 is 24.0 Å². The molecule has 1 saturated heterocycles. The molecule has 0 spiro atoms. The first-order chi connectivity index (χ1) is 13.8. The Morgan fingerprint density at radius 3 is 2.60 bits per heavy atom. The summed E-state index contributed by atoms with van der Waals surface area (Å²) in [4.78, 5) is 14.2. The van der Waals surface area contributed by atoms with E-state index >= 15 is 0 Å². The number of nitrogens with zero attached hydrogens (tertiary/aromatic N) is 3. The van der Waals surface area contributed by atoms with Crippen molar-refractivity contribution < 1.29 is 33.4 Å². The molecule has 162 valence electrons. The largest absolute Gasteiger partial charge is 1.00 e. The molecule has 30 heavy (non-hydrogen) atoms. The Labute approximate surface area is 216 Å². The van der Waals surface area contributed by atoms with Crippen LogP contribution in [0.2, 0.25) is 10.0 Å². The summed E-state index contributed by atoms with van der Waals surface area (Å²) in [7, 11) is 2.08. The number of hydrogen-bond donors (Lipinski definition) is 1. The van der Waals surface area contributed by atoms with Crippen LogP contribution in [-0.2, 0) is 4.79 Å². The average molecular weight is 644 g/mol. The Kier molecular flexibility index (Phi) is 8.12. The van der Waals surface area contributed by atoms with Crippen LogP contribution >= 0.6 is 50.5 Å². The van der Waals surface area contributed by atoms with E-state index in [-0.39, 0.29) is 35.9 Å². The molecule has 2 aliphatic heterocycles. The highest BCUT2D eigenvalue weighted by Gasteiger charge is 2.37. The molecule has 1 N–H and O–H groups in total. The number of halogens is 4. The number of hydrogen-bond acceptors (Lipinski definition) is 4. The van der Waals surface area contributed by atoms with Gasteiger partial charge in [-0.05, 0) is 65.5 Å². The lowest BCUT2D eigenvalue weighted by atomic mass is 10.1. The highest BCUT2D eigenvalue weighted by atomic mass is 127. The molecule has 1 aromatic carbocycles. The van der Waals surface area contributed by atoms with Crippen molar-refractivity contribution in [1.29, 1.82) is 0 Å². The molecule has 3 heterocycles. The van der Waals surface area contributed by atoms with Crippen molar-refractivity contribution in [3.8, 4) is 0 Å². The topological polar surface area (TPSA) is 44.7 Å². The van der Waals surface area contributed by atoms with Crippen LogP contribution in [0.3, 0.4) is 0 Å². The Balaban J connectivity index is 0.00000256. The van der Waals surface area contributed by atoms with Crippen molar-refractivity contribution in [2.45, 2.75) is 31.7 Å². The van der Waals surface area contributed by atoms with E-state index in [9.17, 15) is 4.79 Å². The van der Waals surface area contributed by atoms with E-state index < -0.39 is 0 Å². The Hall–Kier alpha value is -0.390. The number of likely N-dealkylation sites (tertiary alicyclic amines) is 1. The zero-order chi connectivity index (χ0) is 20.6. The van der Waals surface area contributed by atoms with Crippen LogP contribution in [0.4, 0.5) is 5.69 Å². The number of amides is 1. The number of quaternary nitrogens is 1. The molecular formula is C20H22BrCl2IN4OS. The minimum absolute atomic E-state index is 0. The van der Waals surface area contributed by atoms with Crippen molar-refractivity contribution in [1.82, 2.24) is 5.43 Å². The van der Waals surface area contributed by atoms with Crippen molar-refractivity contribution in [2.75, 3.05) is 25.1 Å². The summed E-state index contributed by atoms with van der Waals surface area (Å²) in [5, 5.41) is 7.63. The quantitative estimate of drug-likeness (QED) is 0.412. The van der Waals surface area contributed by atoms with Gasteiger partial charge in [0.25, 0.3) is 0 Å². The number of thiophene rings is 1. The highest BCUT2D eigenvalue weighted by molar-refractivity contribution is 9.11. The lowest BCUT2D eigenvalue weighted by Crippen LogP contribution is -3.00. The fourth-order valence-corrected chi connectivity index (χ4v) is 5.90. The first-order valence-corrected chi connectivity index (χ1v) is 12.0. The number of carbonyl (C=O) groups is 1. The number of hydrazone groups is 1. The Bertz CT molecular complexity index is 964. The molecule has 0 bridgehead atoms. The minimum atomic E-state index is -0.109. The van der Waals surface area contributed by atoms with Gasteiger partial charge in [-0.3, -0.25) is 9.80 Å². The molecule has 1 unspecified atom stereocenters. The standard InChI is InChI=1S/C20H21BrCl2N4OS.HI/c1-27(9-3-2-4-10-27)25-20(28)15-12-17(18-7-8-19(21)29-18)26(24-15)16-6-5-13(22)11-14(16)23;/h5-8,11,17H,2-4,9-10,12H2,1H3;1H. The second-order valence-corrected chi connectivity index (χ2v) is 11.0. The first-order valence-electron chi connectivity index (χ1n) is 9.59. The predicted molar refractivity (Wildman–Crippen MR) is 124 cm³/mol. The normalized spacial score (nSPS) is 20.5. The van der Waals surface area contributed by atoms with Crippen molar-refractivity contribution >= 4 is 67.8 Å². The summed E-state index contributed by atoms with van der Waals surface area (Å²) < 4.78 is 1.60.